The van der Waals surface area contributed by atoms with E-state index in [2.05, 4.69) is 15.5 Å². The molecule has 3 N–H and O–H groups in total. The predicted octanol–water partition coefficient (Wildman–Crippen LogP) is 0.633. The van der Waals surface area contributed by atoms with Crippen molar-refractivity contribution in [2.75, 3.05) is 20.1 Å². The summed E-state index contributed by atoms with van der Waals surface area (Å²) in [6.07, 6.45) is 3.40. The van der Waals surface area contributed by atoms with Crippen molar-refractivity contribution in [3.05, 3.63) is 0 Å². The lowest BCUT2D eigenvalue weighted by Crippen LogP contribution is -2.48. The lowest BCUT2D eigenvalue weighted by molar-refractivity contribution is -0.139. The van der Waals surface area contributed by atoms with Gasteiger partial charge in [-0.25, -0.2) is 9.59 Å². The first kappa shape index (κ1) is 14.8. The highest BCUT2D eigenvalue weighted by Crippen LogP contribution is 2.13. The Labute approximate surface area is 108 Å². The molecule has 104 valence electrons. The first-order chi connectivity index (χ1) is 8.54. The van der Waals surface area contributed by atoms with Gasteiger partial charge < -0.3 is 20.6 Å². The number of likely N-dealkylation sites (tertiary alicyclic amines) is 1. The summed E-state index contributed by atoms with van der Waals surface area (Å²) < 4.78 is 0. The van der Waals surface area contributed by atoms with Crippen molar-refractivity contribution in [2.24, 2.45) is 0 Å². The fourth-order valence-electron chi connectivity index (χ4n) is 2.20. The van der Waals surface area contributed by atoms with Crippen molar-refractivity contribution in [3.8, 4) is 0 Å². The molecule has 2 amide bonds. The van der Waals surface area contributed by atoms with Gasteiger partial charge in [-0.1, -0.05) is 13.3 Å². The van der Waals surface area contributed by atoms with E-state index in [-0.39, 0.29) is 0 Å². The topological polar surface area (TPSA) is 81.7 Å². The lowest BCUT2D eigenvalue weighted by Gasteiger charge is -2.20. The van der Waals surface area contributed by atoms with E-state index in [0.29, 0.717) is 19.0 Å². The fraction of sp³-hybridized carbons (Fsp3) is 0.833. The molecule has 0 aliphatic carbocycles. The minimum atomic E-state index is -0.981. The molecule has 0 aromatic rings. The van der Waals surface area contributed by atoms with E-state index < -0.39 is 18.0 Å². The Morgan fingerprint density at radius 1 is 1.50 bits per heavy atom. The number of nitrogens with zero attached hydrogens (tertiary/aromatic N) is 1. The minimum Gasteiger partial charge on any atom is -0.480 e. The highest BCUT2D eigenvalue weighted by molar-refractivity contribution is 5.82. The number of urea groups is 1. The predicted molar refractivity (Wildman–Crippen MR) is 68.5 cm³/mol. The molecule has 0 aromatic carbocycles. The van der Waals surface area contributed by atoms with Crippen LogP contribution in [-0.4, -0.2) is 54.2 Å². The van der Waals surface area contributed by atoms with Crippen LogP contribution >= 0.6 is 0 Å². The van der Waals surface area contributed by atoms with Gasteiger partial charge in [0.2, 0.25) is 0 Å². The molecule has 1 aliphatic rings. The van der Waals surface area contributed by atoms with Crippen LogP contribution < -0.4 is 10.6 Å². The molecular formula is C12H23N3O3. The quantitative estimate of drug-likeness (QED) is 0.652. The third-order valence-corrected chi connectivity index (χ3v) is 3.35. The van der Waals surface area contributed by atoms with Gasteiger partial charge >= 0.3 is 12.0 Å². The molecule has 6 heteroatoms. The maximum Gasteiger partial charge on any atom is 0.326 e. The molecule has 1 unspecified atom stereocenters. The average molecular weight is 257 g/mol. The maximum atomic E-state index is 11.6. The normalized spacial score (nSPS) is 21.6. The Balaban J connectivity index is 2.29. The second-order valence-electron chi connectivity index (χ2n) is 4.81. The van der Waals surface area contributed by atoms with Crippen LogP contribution in [0.4, 0.5) is 4.79 Å². The zero-order chi connectivity index (χ0) is 13.5. The summed E-state index contributed by atoms with van der Waals surface area (Å²) >= 11 is 0. The number of rotatable bonds is 6. The van der Waals surface area contributed by atoms with E-state index in [0.717, 1.165) is 25.8 Å². The number of amides is 2. The molecule has 1 saturated heterocycles. The molecule has 0 aromatic heterocycles. The SMILES string of the molecule is CCC[C@@H](NC(=O)NCC1CCCN1C)C(=O)O. The van der Waals surface area contributed by atoms with E-state index in [1.165, 1.54) is 0 Å². The van der Waals surface area contributed by atoms with Crippen LogP contribution in [0.2, 0.25) is 0 Å². The van der Waals surface area contributed by atoms with Crippen molar-refractivity contribution >= 4 is 12.0 Å². The summed E-state index contributed by atoms with van der Waals surface area (Å²) in [6, 6.07) is -0.822. The maximum absolute atomic E-state index is 11.6. The number of hydrogen-bond donors (Lipinski definition) is 3. The van der Waals surface area contributed by atoms with Crippen molar-refractivity contribution in [1.29, 1.82) is 0 Å². The molecule has 1 rings (SSSR count). The van der Waals surface area contributed by atoms with E-state index in [9.17, 15) is 9.59 Å². The Morgan fingerprint density at radius 2 is 2.22 bits per heavy atom. The van der Waals surface area contributed by atoms with E-state index in [1.54, 1.807) is 0 Å². The Hall–Kier alpha value is -1.30. The molecule has 6 nitrogen and oxygen atoms in total. The standard InChI is InChI=1S/C12H23N3O3/c1-3-5-10(11(16)17)14-12(18)13-8-9-6-4-7-15(9)2/h9-10H,3-8H2,1-2H3,(H,16,17)(H2,13,14,18)/t9?,10-/m1/s1. The van der Waals surface area contributed by atoms with Crippen LogP contribution in [0.1, 0.15) is 32.6 Å². The van der Waals surface area contributed by atoms with Crippen molar-refractivity contribution in [3.63, 3.8) is 0 Å². The number of carbonyl (C=O) groups excluding carboxylic acids is 1. The van der Waals surface area contributed by atoms with E-state index in [1.807, 2.05) is 14.0 Å². The molecule has 0 bridgehead atoms. The van der Waals surface area contributed by atoms with Crippen LogP contribution in [0.25, 0.3) is 0 Å². The summed E-state index contributed by atoms with van der Waals surface area (Å²) in [4.78, 5) is 24.7. The lowest BCUT2D eigenvalue weighted by atomic mass is 10.2. The molecule has 2 atom stereocenters. The fourth-order valence-corrected chi connectivity index (χ4v) is 2.20. The van der Waals surface area contributed by atoms with Crippen LogP contribution in [0.5, 0.6) is 0 Å². The monoisotopic (exact) mass is 257 g/mol. The summed E-state index contributed by atoms with van der Waals surface area (Å²) in [6.45, 7) is 3.52. The van der Waals surface area contributed by atoms with Gasteiger partial charge in [0, 0.05) is 12.6 Å². The average Bonchev–Trinajstić information content (AvgIpc) is 2.71. The zero-order valence-electron chi connectivity index (χ0n) is 11.1. The molecule has 1 heterocycles. The second kappa shape index (κ2) is 7.20. The Kier molecular flexibility index (Phi) is 5.91. The Bertz CT molecular complexity index is 296. The largest absolute Gasteiger partial charge is 0.480 e. The number of carbonyl (C=O) groups is 2. The Morgan fingerprint density at radius 3 is 2.72 bits per heavy atom. The first-order valence-electron chi connectivity index (χ1n) is 6.52. The highest BCUT2D eigenvalue weighted by Gasteiger charge is 2.22. The van der Waals surface area contributed by atoms with Crippen molar-refractivity contribution in [2.45, 2.75) is 44.7 Å². The minimum absolute atomic E-state index is 0.366. The smallest absolute Gasteiger partial charge is 0.326 e. The number of carboxylic acids is 1. The molecule has 1 fully saturated rings. The molecule has 0 radical (unpaired) electrons. The molecule has 18 heavy (non-hydrogen) atoms. The van der Waals surface area contributed by atoms with Gasteiger partial charge in [0.25, 0.3) is 0 Å². The molecule has 0 saturated carbocycles. The van der Waals surface area contributed by atoms with Gasteiger partial charge in [0.15, 0.2) is 0 Å². The molecule has 0 spiro atoms. The summed E-state index contributed by atoms with van der Waals surface area (Å²) in [5, 5.41) is 14.2. The van der Waals surface area contributed by atoms with Crippen LogP contribution in [0.15, 0.2) is 0 Å². The second-order valence-corrected chi connectivity index (χ2v) is 4.81. The summed E-state index contributed by atoms with van der Waals surface area (Å²) in [5.74, 6) is -0.981. The van der Waals surface area contributed by atoms with Crippen molar-refractivity contribution in [1.82, 2.24) is 15.5 Å². The van der Waals surface area contributed by atoms with Gasteiger partial charge in [-0.3, -0.25) is 0 Å². The zero-order valence-corrected chi connectivity index (χ0v) is 11.1. The van der Waals surface area contributed by atoms with Gasteiger partial charge in [-0.05, 0) is 32.9 Å². The third-order valence-electron chi connectivity index (χ3n) is 3.35. The summed E-state index contributed by atoms with van der Waals surface area (Å²) in [5.41, 5.74) is 0. The summed E-state index contributed by atoms with van der Waals surface area (Å²) in [7, 11) is 2.04. The van der Waals surface area contributed by atoms with E-state index >= 15 is 0 Å². The number of nitrogens with one attached hydrogen (secondary N) is 2. The van der Waals surface area contributed by atoms with E-state index in [4.69, 9.17) is 5.11 Å². The van der Waals surface area contributed by atoms with Crippen LogP contribution in [-0.2, 0) is 4.79 Å². The molecular weight excluding hydrogens is 234 g/mol. The van der Waals surface area contributed by atoms with Crippen molar-refractivity contribution < 1.29 is 14.7 Å². The number of hydrogen-bond acceptors (Lipinski definition) is 3. The van der Waals surface area contributed by atoms with Gasteiger partial charge in [0.05, 0.1) is 0 Å². The number of likely N-dealkylation sites (N-methyl/N-ethyl adjacent to an activating group) is 1. The van der Waals surface area contributed by atoms with Crippen LogP contribution in [0, 0.1) is 0 Å². The third kappa shape index (κ3) is 4.52. The number of carboxylic acid groups (broad SMARTS) is 1. The molecule has 1 aliphatic heterocycles. The van der Waals surface area contributed by atoms with Gasteiger partial charge in [-0.2, -0.15) is 0 Å². The van der Waals surface area contributed by atoms with Crippen LogP contribution in [0.3, 0.4) is 0 Å². The number of aliphatic carboxylic acids is 1. The van der Waals surface area contributed by atoms with Gasteiger partial charge in [0.1, 0.15) is 6.04 Å². The highest BCUT2D eigenvalue weighted by atomic mass is 16.4. The first-order valence-corrected chi connectivity index (χ1v) is 6.52. The van der Waals surface area contributed by atoms with Gasteiger partial charge in [-0.15, -0.1) is 0 Å².